The van der Waals surface area contributed by atoms with Crippen LogP contribution in [0.3, 0.4) is 0 Å². The maximum Gasteiger partial charge on any atom is 0.169 e. The largest absolute Gasteiger partial charge is 0.448 e. The second-order valence-corrected chi connectivity index (χ2v) is 4.62. The van der Waals surface area contributed by atoms with Crippen LogP contribution in [-0.4, -0.2) is 9.38 Å². The summed E-state index contributed by atoms with van der Waals surface area (Å²) in [7, 11) is 0. The molecule has 2 N–H and O–H groups in total. The van der Waals surface area contributed by atoms with Crippen molar-refractivity contribution in [1.29, 1.82) is 0 Å². The first-order valence-electron chi connectivity index (χ1n) is 5.15. The van der Waals surface area contributed by atoms with Gasteiger partial charge in [-0.25, -0.2) is 4.98 Å². The van der Waals surface area contributed by atoms with Gasteiger partial charge in [0.15, 0.2) is 10.4 Å². The van der Waals surface area contributed by atoms with Crippen molar-refractivity contribution in [3.05, 3.63) is 40.7 Å². The highest BCUT2D eigenvalue weighted by Crippen LogP contribution is 2.30. The Labute approximate surface area is 106 Å². The average molecular weight is 292 g/mol. The van der Waals surface area contributed by atoms with Crippen LogP contribution in [0.5, 0.6) is 0 Å². The maximum absolute atomic E-state index is 6.07. The molecule has 0 fully saturated rings. The van der Waals surface area contributed by atoms with Crippen LogP contribution in [0.1, 0.15) is 5.56 Å². The Morgan fingerprint density at radius 2 is 2.18 bits per heavy atom. The molecule has 0 aliphatic carbocycles. The Morgan fingerprint density at radius 1 is 1.35 bits per heavy atom. The molecular weight excluding hydrogens is 282 g/mol. The van der Waals surface area contributed by atoms with Crippen LogP contribution in [0.25, 0.3) is 17.1 Å². The van der Waals surface area contributed by atoms with E-state index in [4.69, 9.17) is 10.2 Å². The Bertz CT molecular complexity index is 699. The molecular formula is C12H10BrN3O. The standard InChI is InChI=1S/C12H10BrN3O/c1-7-3-2-6-16-11(14)10(15-12(7)16)8-4-5-9(13)17-8/h2-6H,14H2,1H3. The third-order valence-electron chi connectivity index (χ3n) is 2.69. The summed E-state index contributed by atoms with van der Waals surface area (Å²) in [6.07, 6.45) is 1.89. The molecule has 3 rings (SSSR count). The number of hydrogen-bond donors (Lipinski definition) is 1. The number of nitrogen functional groups attached to an aromatic ring is 1. The molecule has 17 heavy (non-hydrogen) atoms. The maximum atomic E-state index is 6.07. The van der Waals surface area contributed by atoms with Crippen LogP contribution in [0, 0.1) is 6.92 Å². The lowest BCUT2D eigenvalue weighted by atomic mass is 10.3. The second-order valence-electron chi connectivity index (χ2n) is 3.83. The predicted molar refractivity (Wildman–Crippen MR) is 69.7 cm³/mol. The van der Waals surface area contributed by atoms with Gasteiger partial charge in [-0.1, -0.05) is 6.07 Å². The molecule has 0 bridgehead atoms. The molecule has 5 heteroatoms. The quantitative estimate of drug-likeness (QED) is 0.749. The number of halogens is 1. The van der Waals surface area contributed by atoms with Crippen LogP contribution < -0.4 is 5.73 Å². The Morgan fingerprint density at radius 3 is 2.82 bits per heavy atom. The van der Waals surface area contributed by atoms with Gasteiger partial charge >= 0.3 is 0 Å². The molecule has 3 aromatic rings. The van der Waals surface area contributed by atoms with Crippen molar-refractivity contribution in [2.24, 2.45) is 0 Å². The molecule has 0 aliphatic rings. The van der Waals surface area contributed by atoms with E-state index in [1.54, 1.807) is 0 Å². The molecule has 0 atom stereocenters. The first kappa shape index (κ1) is 10.4. The van der Waals surface area contributed by atoms with Gasteiger partial charge in [-0.3, -0.25) is 4.40 Å². The number of anilines is 1. The zero-order valence-electron chi connectivity index (χ0n) is 9.14. The molecule has 86 valence electrons. The number of nitrogens with zero attached hydrogens (tertiary/aromatic N) is 2. The smallest absolute Gasteiger partial charge is 0.169 e. The van der Waals surface area contributed by atoms with Gasteiger partial charge in [-0.2, -0.15) is 0 Å². The zero-order valence-corrected chi connectivity index (χ0v) is 10.7. The Balaban J connectivity index is 2.31. The van der Waals surface area contributed by atoms with E-state index in [1.165, 1.54) is 0 Å². The minimum atomic E-state index is 0.588. The minimum Gasteiger partial charge on any atom is -0.448 e. The number of aromatic nitrogens is 2. The molecule has 0 aromatic carbocycles. The van der Waals surface area contributed by atoms with Crippen molar-refractivity contribution in [3.8, 4) is 11.5 Å². The highest BCUT2D eigenvalue weighted by atomic mass is 79.9. The van der Waals surface area contributed by atoms with E-state index in [0.29, 0.717) is 21.9 Å². The van der Waals surface area contributed by atoms with Crippen molar-refractivity contribution in [3.63, 3.8) is 0 Å². The number of aryl methyl sites for hydroxylation is 1. The number of furan rings is 1. The summed E-state index contributed by atoms with van der Waals surface area (Å²) in [5.74, 6) is 1.25. The van der Waals surface area contributed by atoms with Crippen molar-refractivity contribution in [1.82, 2.24) is 9.38 Å². The third kappa shape index (κ3) is 1.54. The van der Waals surface area contributed by atoms with Crippen LogP contribution in [0.15, 0.2) is 39.5 Å². The van der Waals surface area contributed by atoms with E-state index in [-0.39, 0.29) is 0 Å². The van der Waals surface area contributed by atoms with Gasteiger partial charge in [0.1, 0.15) is 17.2 Å². The lowest BCUT2D eigenvalue weighted by Gasteiger charge is -1.97. The van der Waals surface area contributed by atoms with E-state index in [1.807, 2.05) is 41.8 Å². The fourth-order valence-corrected chi connectivity index (χ4v) is 2.15. The van der Waals surface area contributed by atoms with Gasteiger partial charge in [0, 0.05) is 6.20 Å². The molecule has 0 radical (unpaired) electrons. The number of rotatable bonds is 1. The average Bonchev–Trinajstić information content (AvgIpc) is 2.85. The van der Waals surface area contributed by atoms with Crippen molar-refractivity contribution in [2.45, 2.75) is 6.92 Å². The Hall–Kier alpha value is -1.75. The van der Waals surface area contributed by atoms with Crippen LogP contribution in [0.2, 0.25) is 0 Å². The summed E-state index contributed by atoms with van der Waals surface area (Å²) in [6, 6.07) is 7.62. The van der Waals surface area contributed by atoms with Gasteiger partial charge in [-0.15, -0.1) is 0 Å². The van der Waals surface area contributed by atoms with Gasteiger partial charge in [-0.05, 0) is 46.6 Å². The number of imidazole rings is 1. The summed E-state index contributed by atoms with van der Waals surface area (Å²) in [6.45, 7) is 2.00. The third-order valence-corrected chi connectivity index (χ3v) is 3.11. The summed E-state index contributed by atoms with van der Waals surface area (Å²) < 4.78 is 8.01. The first-order valence-corrected chi connectivity index (χ1v) is 5.95. The number of nitrogens with two attached hydrogens (primary N) is 1. The van der Waals surface area contributed by atoms with E-state index >= 15 is 0 Å². The molecule has 0 aliphatic heterocycles. The van der Waals surface area contributed by atoms with Crippen LogP contribution in [0.4, 0.5) is 5.82 Å². The summed E-state index contributed by atoms with van der Waals surface area (Å²) in [4.78, 5) is 4.52. The van der Waals surface area contributed by atoms with Crippen LogP contribution in [-0.2, 0) is 0 Å². The molecule has 0 saturated heterocycles. The predicted octanol–water partition coefficient (Wildman–Crippen LogP) is 3.25. The van der Waals surface area contributed by atoms with E-state index in [9.17, 15) is 0 Å². The molecule has 3 heterocycles. The number of fused-ring (bicyclic) bond motifs is 1. The topological polar surface area (TPSA) is 56.5 Å². The normalized spacial score (nSPS) is 11.2. The highest BCUT2D eigenvalue weighted by Gasteiger charge is 2.15. The minimum absolute atomic E-state index is 0.588. The number of hydrogen-bond acceptors (Lipinski definition) is 3. The van der Waals surface area contributed by atoms with Gasteiger partial charge < -0.3 is 10.2 Å². The number of pyridine rings is 1. The summed E-state index contributed by atoms with van der Waals surface area (Å²) >= 11 is 3.27. The highest BCUT2D eigenvalue weighted by molar-refractivity contribution is 9.10. The summed E-state index contributed by atoms with van der Waals surface area (Å²) in [5, 5.41) is 0. The Kier molecular flexibility index (Phi) is 2.22. The van der Waals surface area contributed by atoms with E-state index in [0.717, 1.165) is 11.2 Å². The molecule has 0 unspecified atom stereocenters. The lowest BCUT2D eigenvalue weighted by Crippen LogP contribution is -1.93. The molecule has 0 amide bonds. The monoisotopic (exact) mass is 291 g/mol. The van der Waals surface area contributed by atoms with E-state index in [2.05, 4.69) is 20.9 Å². The fraction of sp³-hybridized carbons (Fsp3) is 0.0833. The van der Waals surface area contributed by atoms with Gasteiger partial charge in [0.05, 0.1) is 0 Å². The molecule has 0 saturated carbocycles. The van der Waals surface area contributed by atoms with Crippen molar-refractivity contribution in [2.75, 3.05) is 5.73 Å². The molecule has 4 nitrogen and oxygen atoms in total. The van der Waals surface area contributed by atoms with Gasteiger partial charge in [0.2, 0.25) is 0 Å². The zero-order chi connectivity index (χ0) is 12.0. The second kappa shape index (κ2) is 3.63. The lowest BCUT2D eigenvalue weighted by molar-refractivity contribution is 0.554. The van der Waals surface area contributed by atoms with Crippen molar-refractivity contribution < 1.29 is 4.42 Å². The van der Waals surface area contributed by atoms with Crippen molar-refractivity contribution >= 4 is 27.4 Å². The first-order chi connectivity index (χ1) is 8.16. The molecule has 3 aromatic heterocycles. The van der Waals surface area contributed by atoms with Crippen LogP contribution >= 0.6 is 15.9 Å². The fourth-order valence-electron chi connectivity index (χ4n) is 1.85. The molecule has 0 spiro atoms. The summed E-state index contributed by atoms with van der Waals surface area (Å²) in [5.41, 5.74) is 8.68. The SMILES string of the molecule is Cc1cccn2c(N)c(-c3ccc(Br)o3)nc12. The van der Waals surface area contributed by atoms with E-state index < -0.39 is 0 Å². The van der Waals surface area contributed by atoms with Gasteiger partial charge in [0.25, 0.3) is 0 Å².